The Morgan fingerprint density at radius 1 is 0.489 bits per heavy atom. The molecule has 0 bridgehead atoms. The van der Waals surface area contributed by atoms with Crippen molar-refractivity contribution in [2.24, 2.45) is 0 Å². The number of fused-ring (bicyclic) bond motifs is 9. The van der Waals surface area contributed by atoms with Gasteiger partial charge in [0.15, 0.2) is 0 Å². The number of rotatable bonds is 2. The first kappa shape index (κ1) is 29.2. The van der Waals surface area contributed by atoms with Gasteiger partial charge in [0.25, 0.3) is 0 Å². The summed E-state index contributed by atoms with van der Waals surface area (Å²) in [6.45, 7) is 11.4. The quantitative estimate of drug-likeness (QED) is 0.144. The average Bonchev–Trinajstić information content (AvgIpc) is 3.44. The summed E-state index contributed by atoms with van der Waals surface area (Å²) in [5.74, 6) is 0. The SMILES string of the molecule is CC1(C)c2ccccc2-c2ccc(Cc3ccc4c(c3)C(C)(C)c3ccccc3-4)cc21.Cc1ccc2c(c1)c(=O)oc1ccccc12. The summed E-state index contributed by atoms with van der Waals surface area (Å²) < 4.78 is 5.27. The van der Waals surface area contributed by atoms with Crippen molar-refractivity contribution >= 4 is 21.7 Å². The lowest BCUT2D eigenvalue weighted by atomic mass is 9.81. The van der Waals surface area contributed by atoms with Gasteiger partial charge in [-0.3, -0.25) is 0 Å². The summed E-state index contributed by atoms with van der Waals surface area (Å²) in [6.07, 6.45) is 0.972. The van der Waals surface area contributed by atoms with Gasteiger partial charge in [0, 0.05) is 16.2 Å². The first-order chi connectivity index (χ1) is 22.6. The molecule has 2 aliphatic rings. The maximum atomic E-state index is 11.8. The van der Waals surface area contributed by atoms with Gasteiger partial charge in [0.05, 0.1) is 5.39 Å². The summed E-state index contributed by atoms with van der Waals surface area (Å²) in [5, 5.41) is 2.59. The highest BCUT2D eigenvalue weighted by atomic mass is 16.4. The highest BCUT2D eigenvalue weighted by molar-refractivity contribution is 6.04. The lowest BCUT2D eigenvalue weighted by Crippen LogP contribution is -2.15. The zero-order chi connectivity index (χ0) is 32.5. The van der Waals surface area contributed by atoms with Crippen LogP contribution in [-0.4, -0.2) is 0 Å². The molecule has 1 aromatic heterocycles. The molecule has 6 aromatic carbocycles. The Morgan fingerprint density at radius 3 is 1.60 bits per heavy atom. The lowest BCUT2D eigenvalue weighted by molar-refractivity contribution is 0.569. The molecule has 0 radical (unpaired) electrons. The molecule has 2 heteroatoms. The molecule has 0 unspecified atom stereocenters. The molecule has 1 heterocycles. The van der Waals surface area contributed by atoms with Crippen LogP contribution in [0.1, 0.15) is 66.6 Å². The van der Waals surface area contributed by atoms with Crippen LogP contribution in [0.3, 0.4) is 0 Å². The van der Waals surface area contributed by atoms with Crippen molar-refractivity contribution in [1.82, 2.24) is 0 Å². The van der Waals surface area contributed by atoms with Gasteiger partial charge in [0.1, 0.15) is 5.58 Å². The Hall–Kier alpha value is -5.21. The fraction of sp³-hybridized carbons (Fsp3) is 0.178. The molecule has 0 saturated carbocycles. The van der Waals surface area contributed by atoms with Crippen LogP contribution in [0, 0.1) is 6.92 Å². The van der Waals surface area contributed by atoms with Crippen LogP contribution in [-0.2, 0) is 17.3 Å². The van der Waals surface area contributed by atoms with Crippen molar-refractivity contribution in [3.05, 3.63) is 177 Å². The molecule has 0 fully saturated rings. The first-order valence-electron chi connectivity index (χ1n) is 16.5. The minimum Gasteiger partial charge on any atom is -0.422 e. The molecule has 0 atom stereocenters. The van der Waals surface area contributed by atoms with E-state index in [0.717, 1.165) is 22.8 Å². The van der Waals surface area contributed by atoms with Crippen molar-refractivity contribution in [1.29, 1.82) is 0 Å². The van der Waals surface area contributed by atoms with E-state index in [2.05, 4.69) is 113 Å². The highest BCUT2D eigenvalue weighted by Crippen LogP contribution is 2.50. The molecule has 0 spiro atoms. The Labute approximate surface area is 276 Å². The van der Waals surface area contributed by atoms with Crippen LogP contribution in [0.15, 0.2) is 137 Å². The van der Waals surface area contributed by atoms with E-state index in [1.165, 1.54) is 55.6 Å². The predicted molar refractivity (Wildman–Crippen MR) is 196 cm³/mol. The van der Waals surface area contributed by atoms with E-state index in [1.54, 1.807) is 0 Å². The molecule has 0 aliphatic heterocycles. The molecular formula is C45H38O2. The zero-order valence-corrected chi connectivity index (χ0v) is 27.6. The molecule has 2 aliphatic carbocycles. The molecule has 0 N–H and O–H groups in total. The third-order valence-corrected chi connectivity index (χ3v) is 10.5. The summed E-state index contributed by atoms with van der Waals surface area (Å²) in [4.78, 5) is 11.8. The summed E-state index contributed by atoms with van der Waals surface area (Å²) in [6, 6.07) is 45.4. The van der Waals surface area contributed by atoms with Crippen LogP contribution < -0.4 is 5.63 Å². The number of benzene rings is 6. The molecule has 0 saturated heterocycles. The van der Waals surface area contributed by atoms with Crippen molar-refractivity contribution in [3.63, 3.8) is 0 Å². The minimum absolute atomic E-state index is 0.0590. The Kier molecular flexibility index (Phi) is 6.63. The maximum Gasteiger partial charge on any atom is 0.344 e. The third-order valence-electron chi connectivity index (χ3n) is 10.5. The van der Waals surface area contributed by atoms with Crippen molar-refractivity contribution in [3.8, 4) is 22.3 Å². The second-order valence-corrected chi connectivity index (χ2v) is 14.2. The maximum absolute atomic E-state index is 11.8. The van der Waals surface area contributed by atoms with E-state index in [9.17, 15) is 4.79 Å². The Balaban J connectivity index is 0.000000170. The molecule has 2 nitrogen and oxygen atoms in total. The molecular weight excluding hydrogens is 572 g/mol. The summed E-state index contributed by atoms with van der Waals surface area (Å²) >= 11 is 0. The van der Waals surface area contributed by atoms with Crippen LogP contribution in [0.5, 0.6) is 0 Å². The number of hydrogen-bond donors (Lipinski definition) is 0. The molecule has 9 rings (SSSR count). The van der Waals surface area contributed by atoms with Crippen molar-refractivity contribution in [2.45, 2.75) is 51.9 Å². The van der Waals surface area contributed by atoms with Gasteiger partial charge in [0.2, 0.25) is 0 Å². The average molecular weight is 611 g/mol. The van der Waals surface area contributed by atoms with Crippen LogP contribution in [0.2, 0.25) is 0 Å². The van der Waals surface area contributed by atoms with E-state index in [4.69, 9.17) is 4.42 Å². The largest absolute Gasteiger partial charge is 0.422 e. The van der Waals surface area contributed by atoms with Gasteiger partial charge in [-0.25, -0.2) is 4.79 Å². The van der Waals surface area contributed by atoms with E-state index in [-0.39, 0.29) is 16.5 Å². The second-order valence-electron chi connectivity index (χ2n) is 14.2. The smallest absolute Gasteiger partial charge is 0.344 e. The molecule has 47 heavy (non-hydrogen) atoms. The second kappa shape index (κ2) is 10.7. The van der Waals surface area contributed by atoms with Crippen LogP contribution in [0.25, 0.3) is 44.0 Å². The standard InChI is InChI=1S/C31H28.C14H10O2/c1-30(2)26-11-7-5-9-22(26)24-15-13-20(18-28(24)30)17-21-14-16-25-23-10-6-8-12-27(23)31(3,4)29(25)19-21;1-9-6-7-10-11-4-2-3-5-13(11)16-14(15)12(10)8-9/h5-16,18-19H,17H2,1-4H3;2-8H,1H3. The van der Waals surface area contributed by atoms with Crippen molar-refractivity contribution < 1.29 is 4.42 Å². The van der Waals surface area contributed by atoms with E-state index < -0.39 is 0 Å². The zero-order valence-electron chi connectivity index (χ0n) is 27.6. The normalized spacial score (nSPS) is 14.6. The fourth-order valence-corrected chi connectivity index (χ4v) is 7.95. The summed E-state index contributed by atoms with van der Waals surface area (Å²) in [5.41, 5.74) is 15.7. The molecule has 230 valence electrons. The number of aryl methyl sites for hydroxylation is 1. The predicted octanol–water partition coefficient (Wildman–Crippen LogP) is 11.1. The summed E-state index contributed by atoms with van der Waals surface area (Å²) in [7, 11) is 0. The van der Waals surface area contributed by atoms with Crippen molar-refractivity contribution in [2.75, 3.05) is 0 Å². The van der Waals surface area contributed by atoms with Gasteiger partial charge in [-0.05, 0) is 86.5 Å². The number of para-hydroxylation sites is 1. The monoisotopic (exact) mass is 610 g/mol. The number of hydrogen-bond acceptors (Lipinski definition) is 2. The third kappa shape index (κ3) is 4.66. The van der Waals surface area contributed by atoms with Gasteiger partial charge in [-0.2, -0.15) is 0 Å². The Bertz CT molecular complexity index is 2320. The first-order valence-corrected chi connectivity index (χ1v) is 16.5. The van der Waals surface area contributed by atoms with Gasteiger partial charge < -0.3 is 4.42 Å². The Morgan fingerprint density at radius 2 is 1.00 bits per heavy atom. The minimum atomic E-state index is -0.266. The highest BCUT2D eigenvalue weighted by Gasteiger charge is 2.36. The van der Waals surface area contributed by atoms with E-state index in [1.807, 2.05) is 49.4 Å². The fourth-order valence-electron chi connectivity index (χ4n) is 7.95. The van der Waals surface area contributed by atoms with E-state index in [0.29, 0.717) is 11.0 Å². The molecule has 7 aromatic rings. The van der Waals surface area contributed by atoms with E-state index >= 15 is 0 Å². The van der Waals surface area contributed by atoms with Crippen LogP contribution >= 0.6 is 0 Å². The van der Waals surface area contributed by atoms with Gasteiger partial charge in [-0.1, -0.05) is 149 Å². The topological polar surface area (TPSA) is 30.2 Å². The van der Waals surface area contributed by atoms with Gasteiger partial charge in [-0.15, -0.1) is 0 Å². The van der Waals surface area contributed by atoms with Crippen LogP contribution in [0.4, 0.5) is 0 Å². The van der Waals surface area contributed by atoms with Gasteiger partial charge >= 0.3 is 5.63 Å². The lowest BCUT2D eigenvalue weighted by Gasteiger charge is -2.22. The molecule has 0 amide bonds.